The molecule has 0 radical (unpaired) electrons. The summed E-state index contributed by atoms with van der Waals surface area (Å²) in [5.41, 5.74) is 0.973. The summed E-state index contributed by atoms with van der Waals surface area (Å²) >= 11 is 0. The lowest BCUT2D eigenvalue weighted by atomic mass is 10.0. The lowest BCUT2D eigenvalue weighted by Gasteiger charge is -2.04. The van der Waals surface area contributed by atoms with Crippen LogP contribution in [0.4, 0.5) is 0 Å². The zero-order valence-corrected chi connectivity index (χ0v) is 11.8. The van der Waals surface area contributed by atoms with Gasteiger partial charge in [0, 0.05) is 5.41 Å². The molecule has 1 aliphatic carbocycles. The van der Waals surface area contributed by atoms with Crippen molar-refractivity contribution in [3.05, 3.63) is 48.0 Å². The van der Waals surface area contributed by atoms with E-state index < -0.39 is 0 Å². The quantitative estimate of drug-likeness (QED) is 0.774. The van der Waals surface area contributed by atoms with Crippen molar-refractivity contribution in [3.8, 4) is 5.75 Å². The normalized spacial score (nSPS) is 16.5. The van der Waals surface area contributed by atoms with Crippen LogP contribution in [0.15, 0.2) is 42.5 Å². The van der Waals surface area contributed by atoms with Gasteiger partial charge in [-0.1, -0.05) is 31.2 Å². The van der Waals surface area contributed by atoms with E-state index in [1.165, 1.54) is 0 Å². The van der Waals surface area contributed by atoms with E-state index in [2.05, 4.69) is 12.1 Å². The van der Waals surface area contributed by atoms with Crippen molar-refractivity contribution < 1.29 is 9.53 Å². The second-order valence-electron chi connectivity index (χ2n) is 5.73. The Balaban J connectivity index is 1.85. The molecule has 0 aromatic heterocycles. The van der Waals surface area contributed by atoms with Gasteiger partial charge in [0.1, 0.15) is 5.75 Å². The topological polar surface area (TPSA) is 26.3 Å². The van der Waals surface area contributed by atoms with Crippen LogP contribution in [-0.2, 0) is 4.79 Å². The van der Waals surface area contributed by atoms with E-state index in [1.54, 1.807) is 13.2 Å². The fourth-order valence-electron chi connectivity index (χ4n) is 2.28. The number of fused-ring (bicyclic) bond motifs is 1. The third-order valence-corrected chi connectivity index (χ3v) is 4.09. The Morgan fingerprint density at radius 3 is 2.55 bits per heavy atom. The molecule has 0 aliphatic heterocycles. The van der Waals surface area contributed by atoms with Gasteiger partial charge in [-0.2, -0.15) is 0 Å². The number of benzene rings is 2. The molecular weight excluding hydrogens is 248 g/mol. The molecule has 0 heterocycles. The highest BCUT2D eigenvalue weighted by Gasteiger charge is 2.42. The predicted octanol–water partition coefficient (Wildman–Crippen LogP) is 4.23. The molecule has 0 N–H and O–H groups in total. The first kappa shape index (κ1) is 12.9. The van der Waals surface area contributed by atoms with Gasteiger partial charge in [-0.15, -0.1) is 0 Å². The standard InChI is InChI=1S/C18H18O2/c1-18(9-10-18)17(19)8-4-13-3-5-15-12-16(20-2)7-6-14(15)11-13/h3-8,11-12H,9-10H2,1-2H3/b8-4+. The second-order valence-corrected chi connectivity index (χ2v) is 5.73. The van der Waals surface area contributed by atoms with E-state index in [9.17, 15) is 4.79 Å². The molecule has 3 rings (SSSR count). The van der Waals surface area contributed by atoms with E-state index in [0.29, 0.717) is 0 Å². The zero-order valence-electron chi connectivity index (χ0n) is 11.8. The minimum absolute atomic E-state index is 0.0826. The maximum Gasteiger partial charge on any atom is 0.161 e. The summed E-state index contributed by atoms with van der Waals surface area (Å²) in [5, 5.41) is 2.29. The number of allylic oxidation sites excluding steroid dienone is 1. The van der Waals surface area contributed by atoms with E-state index in [4.69, 9.17) is 4.74 Å². The van der Waals surface area contributed by atoms with E-state index in [-0.39, 0.29) is 11.2 Å². The molecule has 102 valence electrons. The Morgan fingerprint density at radius 2 is 1.85 bits per heavy atom. The van der Waals surface area contributed by atoms with Gasteiger partial charge in [0.05, 0.1) is 7.11 Å². The molecule has 20 heavy (non-hydrogen) atoms. The first-order chi connectivity index (χ1) is 9.60. The van der Waals surface area contributed by atoms with Crippen molar-refractivity contribution in [1.29, 1.82) is 0 Å². The smallest absolute Gasteiger partial charge is 0.161 e. The number of methoxy groups -OCH3 is 1. The van der Waals surface area contributed by atoms with E-state index in [0.717, 1.165) is 34.9 Å². The van der Waals surface area contributed by atoms with Crippen LogP contribution in [0.3, 0.4) is 0 Å². The maximum absolute atomic E-state index is 11.9. The predicted molar refractivity (Wildman–Crippen MR) is 81.9 cm³/mol. The van der Waals surface area contributed by atoms with Gasteiger partial charge in [-0.3, -0.25) is 4.79 Å². The van der Waals surface area contributed by atoms with Crippen molar-refractivity contribution >= 4 is 22.6 Å². The Morgan fingerprint density at radius 1 is 1.15 bits per heavy atom. The molecule has 2 aromatic rings. The van der Waals surface area contributed by atoms with Crippen LogP contribution in [-0.4, -0.2) is 12.9 Å². The highest BCUT2D eigenvalue weighted by molar-refractivity contribution is 6.00. The van der Waals surface area contributed by atoms with Crippen molar-refractivity contribution in [3.63, 3.8) is 0 Å². The average Bonchev–Trinajstić information content (AvgIpc) is 3.23. The van der Waals surface area contributed by atoms with Gasteiger partial charge < -0.3 is 4.74 Å². The molecule has 0 bridgehead atoms. The third kappa shape index (κ3) is 2.46. The molecule has 1 saturated carbocycles. The van der Waals surface area contributed by atoms with Crippen molar-refractivity contribution in [1.82, 2.24) is 0 Å². The van der Waals surface area contributed by atoms with Crippen LogP contribution in [0.1, 0.15) is 25.3 Å². The number of ether oxygens (including phenoxy) is 1. The minimum atomic E-state index is -0.0826. The number of carbonyl (C=O) groups excluding carboxylic acids is 1. The fourth-order valence-corrected chi connectivity index (χ4v) is 2.28. The number of hydrogen-bond donors (Lipinski definition) is 0. The van der Waals surface area contributed by atoms with E-state index >= 15 is 0 Å². The average molecular weight is 266 g/mol. The second kappa shape index (κ2) is 4.78. The van der Waals surface area contributed by atoms with Crippen LogP contribution in [0, 0.1) is 5.41 Å². The summed E-state index contributed by atoms with van der Waals surface area (Å²) in [7, 11) is 1.67. The lowest BCUT2D eigenvalue weighted by Crippen LogP contribution is -2.07. The van der Waals surface area contributed by atoms with Crippen molar-refractivity contribution in [2.45, 2.75) is 19.8 Å². The Bertz CT molecular complexity index is 694. The van der Waals surface area contributed by atoms with Gasteiger partial charge in [0.2, 0.25) is 0 Å². The van der Waals surface area contributed by atoms with Crippen LogP contribution >= 0.6 is 0 Å². The Kier molecular flexibility index (Phi) is 3.09. The molecule has 1 aliphatic rings. The van der Waals surface area contributed by atoms with Gasteiger partial charge >= 0.3 is 0 Å². The molecule has 2 heteroatoms. The van der Waals surface area contributed by atoms with Gasteiger partial charge in [-0.05, 0) is 53.5 Å². The van der Waals surface area contributed by atoms with Gasteiger partial charge in [-0.25, -0.2) is 0 Å². The number of rotatable bonds is 4. The lowest BCUT2D eigenvalue weighted by molar-refractivity contribution is -0.118. The number of ketones is 1. The van der Waals surface area contributed by atoms with Crippen LogP contribution in [0.5, 0.6) is 5.75 Å². The third-order valence-electron chi connectivity index (χ3n) is 4.09. The maximum atomic E-state index is 11.9. The summed E-state index contributed by atoms with van der Waals surface area (Å²) in [6.45, 7) is 2.03. The van der Waals surface area contributed by atoms with Gasteiger partial charge in [0.25, 0.3) is 0 Å². The van der Waals surface area contributed by atoms with Crippen LogP contribution < -0.4 is 4.74 Å². The Hall–Kier alpha value is -2.09. The SMILES string of the molecule is COc1ccc2cc(/C=C/C(=O)C3(C)CC3)ccc2c1. The van der Waals surface area contributed by atoms with Crippen LogP contribution in [0.25, 0.3) is 16.8 Å². The monoisotopic (exact) mass is 266 g/mol. The molecular formula is C18H18O2. The molecule has 0 spiro atoms. The Labute approximate surface area is 119 Å². The minimum Gasteiger partial charge on any atom is -0.497 e. The highest BCUT2D eigenvalue weighted by atomic mass is 16.5. The number of hydrogen-bond acceptors (Lipinski definition) is 2. The summed E-state index contributed by atoms with van der Waals surface area (Å²) in [4.78, 5) is 11.9. The summed E-state index contributed by atoms with van der Waals surface area (Å²) in [6, 6.07) is 12.2. The molecule has 0 atom stereocenters. The first-order valence-electron chi connectivity index (χ1n) is 6.91. The first-order valence-corrected chi connectivity index (χ1v) is 6.91. The summed E-state index contributed by atoms with van der Waals surface area (Å²) in [5.74, 6) is 1.10. The van der Waals surface area contributed by atoms with Crippen LogP contribution in [0.2, 0.25) is 0 Å². The molecule has 0 unspecified atom stereocenters. The fraction of sp³-hybridized carbons (Fsp3) is 0.278. The molecule has 0 saturated heterocycles. The van der Waals surface area contributed by atoms with E-state index in [1.807, 2.05) is 37.3 Å². The summed E-state index contributed by atoms with van der Waals surface area (Å²) < 4.78 is 5.22. The highest BCUT2D eigenvalue weighted by Crippen LogP contribution is 2.46. The van der Waals surface area contributed by atoms with Crippen molar-refractivity contribution in [2.75, 3.05) is 7.11 Å². The molecule has 2 aromatic carbocycles. The molecule has 1 fully saturated rings. The number of carbonyl (C=O) groups is 1. The zero-order chi connectivity index (χ0) is 14.2. The largest absolute Gasteiger partial charge is 0.497 e. The summed E-state index contributed by atoms with van der Waals surface area (Å²) in [6.07, 6.45) is 5.68. The van der Waals surface area contributed by atoms with Gasteiger partial charge in [0.15, 0.2) is 5.78 Å². The van der Waals surface area contributed by atoms with Crippen molar-refractivity contribution in [2.24, 2.45) is 5.41 Å². The molecule has 0 amide bonds. The molecule has 2 nitrogen and oxygen atoms in total.